The number of hydrogen-bond donors (Lipinski definition) is 1. The number of aromatic nitrogens is 3. The summed E-state index contributed by atoms with van der Waals surface area (Å²) in [5.74, 6) is -0.122. The highest BCUT2D eigenvalue weighted by molar-refractivity contribution is 7.99. The molecule has 1 fully saturated rings. The van der Waals surface area contributed by atoms with E-state index >= 15 is 0 Å². The number of hydrogen-bond acceptors (Lipinski definition) is 6. The molecule has 2 unspecified atom stereocenters. The van der Waals surface area contributed by atoms with Crippen LogP contribution in [0.15, 0.2) is 11.5 Å². The summed E-state index contributed by atoms with van der Waals surface area (Å²) >= 11 is 1.69. The van der Waals surface area contributed by atoms with Gasteiger partial charge in [-0.3, -0.25) is 4.79 Å². The van der Waals surface area contributed by atoms with Crippen molar-refractivity contribution in [3.8, 4) is 0 Å². The van der Waals surface area contributed by atoms with E-state index in [1.807, 2.05) is 25.5 Å². The number of likely N-dealkylation sites (N-methyl/N-ethyl adjacent to an activating group) is 1. The molecule has 20 heavy (non-hydrogen) atoms. The van der Waals surface area contributed by atoms with Gasteiger partial charge in [0.1, 0.15) is 11.9 Å². The van der Waals surface area contributed by atoms with Gasteiger partial charge in [-0.05, 0) is 32.7 Å². The first-order valence-electron chi connectivity index (χ1n) is 7.04. The summed E-state index contributed by atoms with van der Waals surface area (Å²) in [6.45, 7) is 5.05. The first-order chi connectivity index (χ1) is 9.61. The van der Waals surface area contributed by atoms with E-state index in [0.29, 0.717) is 11.9 Å². The van der Waals surface area contributed by atoms with E-state index in [1.165, 1.54) is 0 Å². The van der Waals surface area contributed by atoms with Gasteiger partial charge in [-0.1, -0.05) is 18.7 Å². The van der Waals surface area contributed by atoms with Crippen LogP contribution in [-0.2, 0) is 16.6 Å². The molecule has 0 aromatic carbocycles. The number of aryl methyl sites for hydroxylation is 1. The molecular formula is C13H22N4O2S. The number of nitrogens with zero attached hydrogens (tertiary/aromatic N) is 3. The summed E-state index contributed by atoms with van der Waals surface area (Å²) in [5, 5.41) is 12.6. The Morgan fingerprint density at radius 2 is 2.45 bits per heavy atom. The molecule has 0 aliphatic heterocycles. The number of esters is 1. The van der Waals surface area contributed by atoms with Crippen LogP contribution >= 0.6 is 11.8 Å². The number of carbonyl (C=O) groups excluding carboxylic acids is 1. The maximum absolute atomic E-state index is 12.2. The molecule has 1 aromatic rings. The summed E-state index contributed by atoms with van der Waals surface area (Å²) in [4.78, 5) is 12.2. The predicted molar refractivity (Wildman–Crippen MR) is 77.5 cm³/mol. The molecule has 1 aliphatic carbocycles. The minimum atomic E-state index is -0.527. The molecule has 0 radical (unpaired) electrons. The van der Waals surface area contributed by atoms with Crippen molar-refractivity contribution < 1.29 is 9.53 Å². The van der Waals surface area contributed by atoms with E-state index in [4.69, 9.17) is 4.74 Å². The standard InChI is InChI=1S/C13H22N4O2S/c1-4-14-13(11(18)19-5-2)7-6-10(8-13)20-12-16-15-9-17(12)3/h9-10,14H,4-8H2,1-3H3. The molecule has 0 spiro atoms. The monoisotopic (exact) mass is 298 g/mol. The molecule has 1 aromatic heterocycles. The van der Waals surface area contributed by atoms with Crippen LogP contribution in [0.4, 0.5) is 0 Å². The average Bonchev–Trinajstić information content (AvgIpc) is 3.00. The van der Waals surface area contributed by atoms with Gasteiger partial charge < -0.3 is 14.6 Å². The fourth-order valence-electron chi connectivity index (χ4n) is 2.65. The van der Waals surface area contributed by atoms with E-state index in [-0.39, 0.29) is 5.97 Å². The van der Waals surface area contributed by atoms with Crippen molar-refractivity contribution in [3.63, 3.8) is 0 Å². The van der Waals surface area contributed by atoms with Crippen LogP contribution in [0, 0.1) is 0 Å². The van der Waals surface area contributed by atoms with Crippen LogP contribution in [0.1, 0.15) is 33.1 Å². The molecule has 0 amide bonds. The summed E-state index contributed by atoms with van der Waals surface area (Å²) in [6.07, 6.45) is 4.26. The van der Waals surface area contributed by atoms with Crippen molar-refractivity contribution >= 4 is 17.7 Å². The Labute approximate surface area is 123 Å². The van der Waals surface area contributed by atoms with Crippen LogP contribution in [0.5, 0.6) is 0 Å². The van der Waals surface area contributed by atoms with Crippen molar-refractivity contribution in [3.05, 3.63) is 6.33 Å². The molecule has 1 N–H and O–H groups in total. The Kier molecular flexibility index (Phi) is 5.04. The Hall–Kier alpha value is -1.08. The SMILES string of the molecule is CCNC1(C(=O)OCC)CCC(Sc2nncn2C)C1. The number of ether oxygens (including phenoxy) is 1. The predicted octanol–water partition coefficient (Wildman–Crippen LogP) is 1.37. The first-order valence-corrected chi connectivity index (χ1v) is 7.92. The Bertz CT molecular complexity index is 465. The lowest BCUT2D eigenvalue weighted by atomic mass is 9.98. The summed E-state index contributed by atoms with van der Waals surface area (Å²) in [6, 6.07) is 0. The lowest BCUT2D eigenvalue weighted by molar-refractivity contribution is -0.151. The minimum Gasteiger partial charge on any atom is -0.465 e. The molecular weight excluding hydrogens is 276 g/mol. The minimum absolute atomic E-state index is 0.122. The van der Waals surface area contributed by atoms with Crippen LogP contribution in [0.25, 0.3) is 0 Å². The average molecular weight is 298 g/mol. The number of rotatable bonds is 6. The van der Waals surface area contributed by atoms with Crippen molar-refractivity contribution in [2.75, 3.05) is 13.2 Å². The van der Waals surface area contributed by atoms with Gasteiger partial charge in [-0.2, -0.15) is 0 Å². The lowest BCUT2D eigenvalue weighted by Crippen LogP contribution is -2.51. The third kappa shape index (κ3) is 3.15. The van der Waals surface area contributed by atoms with Crippen molar-refractivity contribution in [1.82, 2.24) is 20.1 Å². The number of carbonyl (C=O) groups is 1. The molecule has 112 valence electrons. The molecule has 6 nitrogen and oxygen atoms in total. The van der Waals surface area contributed by atoms with E-state index in [2.05, 4.69) is 15.5 Å². The molecule has 7 heteroatoms. The van der Waals surface area contributed by atoms with Gasteiger partial charge in [-0.15, -0.1) is 10.2 Å². The molecule has 1 saturated carbocycles. The van der Waals surface area contributed by atoms with Crippen LogP contribution in [0.3, 0.4) is 0 Å². The second kappa shape index (κ2) is 6.58. The lowest BCUT2D eigenvalue weighted by Gasteiger charge is -2.27. The molecule has 2 atom stereocenters. The molecule has 2 rings (SSSR count). The summed E-state index contributed by atoms with van der Waals surface area (Å²) in [7, 11) is 1.93. The van der Waals surface area contributed by atoms with Crippen LogP contribution in [-0.4, -0.2) is 44.7 Å². The highest BCUT2D eigenvalue weighted by Gasteiger charge is 2.46. The van der Waals surface area contributed by atoms with Crippen molar-refractivity contribution in [2.45, 2.75) is 49.1 Å². The van der Waals surface area contributed by atoms with Gasteiger partial charge in [0.2, 0.25) is 0 Å². The molecule has 0 saturated heterocycles. The normalized spacial score (nSPS) is 25.9. The van der Waals surface area contributed by atoms with E-state index in [1.54, 1.807) is 18.1 Å². The Balaban J connectivity index is 2.03. The quantitative estimate of drug-likeness (QED) is 0.800. The van der Waals surface area contributed by atoms with E-state index in [9.17, 15) is 4.79 Å². The molecule has 1 heterocycles. The van der Waals surface area contributed by atoms with Crippen LogP contribution < -0.4 is 5.32 Å². The van der Waals surface area contributed by atoms with Crippen molar-refractivity contribution in [1.29, 1.82) is 0 Å². The smallest absolute Gasteiger partial charge is 0.326 e. The zero-order valence-electron chi connectivity index (χ0n) is 12.3. The maximum atomic E-state index is 12.2. The third-order valence-electron chi connectivity index (χ3n) is 3.59. The van der Waals surface area contributed by atoms with E-state index < -0.39 is 5.54 Å². The second-order valence-corrected chi connectivity index (χ2v) is 6.31. The second-order valence-electron chi connectivity index (χ2n) is 5.04. The summed E-state index contributed by atoms with van der Waals surface area (Å²) in [5.41, 5.74) is -0.527. The van der Waals surface area contributed by atoms with Gasteiger partial charge in [0.25, 0.3) is 0 Å². The Morgan fingerprint density at radius 3 is 3.05 bits per heavy atom. The fourth-order valence-corrected chi connectivity index (χ4v) is 3.86. The topological polar surface area (TPSA) is 69.0 Å². The Morgan fingerprint density at radius 1 is 1.65 bits per heavy atom. The third-order valence-corrected chi connectivity index (χ3v) is 4.91. The van der Waals surface area contributed by atoms with Gasteiger partial charge >= 0.3 is 5.97 Å². The van der Waals surface area contributed by atoms with Crippen LogP contribution in [0.2, 0.25) is 0 Å². The largest absolute Gasteiger partial charge is 0.465 e. The first kappa shape index (κ1) is 15.3. The van der Waals surface area contributed by atoms with Gasteiger partial charge in [0, 0.05) is 12.3 Å². The van der Waals surface area contributed by atoms with Gasteiger partial charge in [0.15, 0.2) is 5.16 Å². The van der Waals surface area contributed by atoms with E-state index in [0.717, 1.165) is 31.0 Å². The fraction of sp³-hybridized carbons (Fsp3) is 0.769. The highest BCUT2D eigenvalue weighted by Crippen LogP contribution is 2.40. The number of nitrogens with one attached hydrogen (secondary N) is 1. The molecule has 0 bridgehead atoms. The zero-order valence-corrected chi connectivity index (χ0v) is 13.1. The van der Waals surface area contributed by atoms with Crippen molar-refractivity contribution in [2.24, 2.45) is 7.05 Å². The van der Waals surface area contributed by atoms with Gasteiger partial charge in [-0.25, -0.2) is 0 Å². The maximum Gasteiger partial charge on any atom is 0.326 e. The highest BCUT2D eigenvalue weighted by atomic mass is 32.2. The number of thioether (sulfide) groups is 1. The summed E-state index contributed by atoms with van der Waals surface area (Å²) < 4.78 is 7.15. The molecule has 1 aliphatic rings. The zero-order chi connectivity index (χ0) is 14.6. The van der Waals surface area contributed by atoms with Gasteiger partial charge in [0.05, 0.1) is 6.61 Å².